The molecule has 3 aromatic carbocycles. The summed E-state index contributed by atoms with van der Waals surface area (Å²) in [6, 6.07) is 22.9. The Morgan fingerprint density at radius 2 is 1.79 bits per heavy atom. The third-order valence-electron chi connectivity index (χ3n) is 6.08. The molecule has 0 unspecified atom stereocenters. The number of hydrogen-bond acceptors (Lipinski definition) is 3. The Balaban J connectivity index is 1.43. The van der Waals surface area contributed by atoms with Crippen LogP contribution in [0.5, 0.6) is 0 Å². The van der Waals surface area contributed by atoms with Crippen LogP contribution in [0.4, 0.5) is 10.1 Å². The number of benzene rings is 3. The molecule has 0 saturated carbocycles. The number of aromatic nitrogens is 1. The van der Waals surface area contributed by atoms with E-state index in [1.807, 2.05) is 53.4 Å². The second-order valence-electron chi connectivity index (χ2n) is 8.51. The average Bonchev–Trinajstić information content (AvgIpc) is 2.85. The second kappa shape index (κ2) is 9.43. The monoisotopic (exact) mass is 453 g/mol. The molecule has 2 heterocycles. The van der Waals surface area contributed by atoms with Crippen LogP contribution in [0.1, 0.15) is 35.2 Å². The topological polar surface area (TPSA) is 62.3 Å². The van der Waals surface area contributed by atoms with Crippen molar-refractivity contribution in [3.63, 3.8) is 0 Å². The number of anilines is 1. The number of pyridine rings is 1. The van der Waals surface area contributed by atoms with Gasteiger partial charge >= 0.3 is 0 Å². The number of halogens is 1. The molecular formula is C28H24FN3O2. The molecule has 1 aromatic heterocycles. The van der Waals surface area contributed by atoms with E-state index in [0.717, 1.165) is 35.9 Å². The second-order valence-corrected chi connectivity index (χ2v) is 8.51. The lowest BCUT2D eigenvalue weighted by molar-refractivity contribution is -0.133. The fourth-order valence-corrected chi connectivity index (χ4v) is 4.33. The zero-order valence-electron chi connectivity index (χ0n) is 18.6. The normalized spacial score (nSPS) is 13.8. The molecule has 34 heavy (non-hydrogen) atoms. The van der Waals surface area contributed by atoms with Crippen LogP contribution in [0.25, 0.3) is 22.2 Å². The van der Waals surface area contributed by atoms with Crippen LogP contribution in [-0.2, 0) is 11.3 Å². The lowest BCUT2D eigenvalue weighted by atomic mass is 10.0. The predicted molar refractivity (Wildman–Crippen MR) is 131 cm³/mol. The number of likely N-dealkylation sites (tertiary alicyclic amines) is 1. The maximum Gasteiger partial charge on any atom is 0.256 e. The molecule has 0 radical (unpaired) electrons. The van der Waals surface area contributed by atoms with E-state index in [9.17, 15) is 14.0 Å². The first-order valence-electron chi connectivity index (χ1n) is 11.4. The summed E-state index contributed by atoms with van der Waals surface area (Å²) in [7, 11) is 0. The smallest absolute Gasteiger partial charge is 0.256 e. The summed E-state index contributed by atoms with van der Waals surface area (Å²) >= 11 is 0. The summed E-state index contributed by atoms with van der Waals surface area (Å²) in [6.45, 7) is 1.31. The van der Waals surface area contributed by atoms with E-state index in [2.05, 4.69) is 10.3 Å². The lowest BCUT2D eigenvalue weighted by Crippen LogP contribution is -2.34. The van der Waals surface area contributed by atoms with E-state index in [-0.39, 0.29) is 17.6 Å². The van der Waals surface area contributed by atoms with Gasteiger partial charge in [-0.25, -0.2) is 9.37 Å². The van der Waals surface area contributed by atoms with Crippen LogP contribution in [0.2, 0.25) is 0 Å². The number of carbonyl (C=O) groups is 2. The molecule has 6 heteroatoms. The van der Waals surface area contributed by atoms with Gasteiger partial charge in [-0.3, -0.25) is 9.59 Å². The number of amides is 2. The highest BCUT2D eigenvalue weighted by molar-refractivity contribution is 6.13. The van der Waals surface area contributed by atoms with Gasteiger partial charge in [0.25, 0.3) is 5.91 Å². The molecule has 170 valence electrons. The summed E-state index contributed by atoms with van der Waals surface area (Å²) in [5, 5.41) is 3.73. The Morgan fingerprint density at radius 3 is 2.62 bits per heavy atom. The van der Waals surface area contributed by atoms with E-state index in [1.54, 1.807) is 18.2 Å². The van der Waals surface area contributed by atoms with E-state index in [0.29, 0.717) is 35.4 Å². The lowest BCUT2D eigenvalue weighted by Gasteiger charge is -2.26. The van der Waals surface area contributed by atoms with Gasteiger partial charge in [-0.2, -0.15) is 0 Å². The quantitative estimate of drug-likeness (QED) is 0.415. The van der Waals surface area contributed by atoms with Crippen LogP contribution >= 0.6 is 0 Å². The molecule has 1 fully saturated rings. The minimum Gasteiger partial charge on any atom is -0.338 e. The Hall–Kier alpha value is -4.06. The Bertz CT molecular complexity index is 1370. The average molecular weight is 454 g/mol. The number of fused-ring (bicyclic) bond motifs is 1. The molecule has 1 aliphatic heterocycles. The van der Waals surface area contributed by atoms with Crippen molar-refractivity contribution in [2.75, 3.05) is 11.9 Å². The molecule has 0 aliphatic carbocycles. The number of nitrogens with zero attached hydrogens (tertiary/aromatic N) is 2. The number of para-hydroxylation sites is 1. The zero-order valence-corrected chi connectivity index (χ0v) is 18.6. The standard InChI is InChI=1S/C28H24FN3O2/c29-21-13-11-20(12-14-21)26-17-24(23-8-1-2-9-25(23)31-26)28(34)30-22-7-5-6-19(16-22)18-32-15-4-3-10-27(32)33/h1-2,5-9,11-14,16-17H,3-4,10,15,18H2,(H,30,34). The van der Waals surface area contributed by atoms with Crippen LogP contribution < -0.4 is 5.32 Å². The fraction of sp³-hybridized carbons (Fsp3) is 0.179. The molecule has 0 bridgehead atoms. The highest BCUT2D eigenvalue weighted by Gasteiger charge is 2.19. The fourth-order valence-electron chi connectivity index (χ4n) is 4.33. The molecule has 5 rings (SSSR count). The SMILES string of the molecule is O=C(Nc1cccc(CN2CCCCC2=O)c1)c1cc(-c2ccc(F)cc2)nc2ccccc12. The van der Waals surface area contributed by atoms with Gasteiger partial charge < -0.3 is 10.2 Å². The first-order chi connectivity index (χ1) is 16.6. The molecule has 2 amide bonds. The van der Waals surface area contributed by atoms with Crippen molar-refractivity contribution in [2.24, 2.45) is 0 Å². The summed E-state index contributed by atoms with van der Waals surface area (Å²) < 4.78 is 13.4. The van der Waals surface area contributed by atoms with Gasteiger partial charge in [0.15, 0.2) is 0 Å². The maximum absolute atomic E-state index is 13.4. The van der Waals surface area contributed by atoms with Gasteiger partial charge in [-0.15, -0.1) is 0 Å². The molecule has 5 nitrogen and oxygen atoms in total. The van der Waals surface area contributed by atoms with Gasteiger partial charge in [-0.05, 0) is 66.9 Å². The van der Waals surface area contributed by atoms with E-state index >= 15 is 0 Å². The Labute approximate surface area is 197 Å². The number of rotatable bonds is 5. The molecule has 4 aromatic rings. The highest BCUT2D eigenvalue weighted by Crippen LogP contribution is 2.26. The van der Waals surface area contributed by atoms with E-state index in [4.69, 9.17) is 0 Å². The van der Waals surface area contributed by atoms with Crippen LogP contribution in [-0.4, -0.2) is 28.2 Å². The molecule has 0 spiro atoms. The van der Waals surface area contributed by atoms with Gasteiger partial charge in [0, 0.05) is 36.1 Å². The Morgan fingerprint density at radius 1 is 0.971 bits per heavy atom. The number of nitrogens with one attached hydrogen (secondary N) is 1. The van der Waals surface area contributed by atoms with Crippen molar-refractivity contribution in [3.8, 4) is 11.3 Å². The zero-order chi connectivity index (χ0) is 23.5. The minimum atomic E-state index is -0.325. The third kappa shape index (κ3) is 4.66. The van der Waals surface area contributed by atoms with Crippen molar-refractivity contribution >= 4 is 28.4 Å². The Kier molecular flexibility index (Phi) is 6.04. The minimum absolute atomic E-state index is 0.178. The van der Waals surface area contributed by atoms with Crippen LogP contribution in [0.15, 0.2) is 78.9 Å². The molecule has 1 N–H and O–H groups in total. The van der Waals surface area contributed by atoms with Crippen molar-refractivity contribution in [1.82, 2.24) is 9.88 Å². The first kappa shape index (κ1) is 21.8. The molecule has 1 saturated heterocycles. The third-order valence-corrected chi connectivity index (χ3v) is 6.08. The van der Waals surface area contributed by atoms with Crippen LogP contribution in [0, 0.1) is 5.82 Å². The van der Waals surface area contributed by atoms with E-state index in [1.165, 1.54) is 12.1 Å². The first-order valence-corrected chi connectivity index (χ1v) is 11.4. The largest absolute Gasteiger partial charge is 0.338 e. The summed E-state index contributed by atoms with van der Waals surface area (Å²) in [5.41, 5.74) is 4.14. The highest BCUT2D eigenvalue weighted by atomic mass is 19.1. The van der Waals surface area contributed by atoms with Crippen molar-refractivity contribution in [2.45, 2.75) is 25.8 Å². The van der Waals surface area contributed by atoms with Gasteiger partial charge in [-0.1, -0.05) is 30.3 Å². The maximum atomic E-state index is 13.4. The van der Waals surface area contributed by atoms with Crippen LogP contribution in [0.3, 0.4) is 0 Å². The molecule has 0 atom stereocenters. The molecule has 1 aliphatic rings. The summed E-state index contributed by atoms with van der Waals surface area (Å²) in [5.74, 6) is -0.404. The van der Waals surface area contributed by atoms with Gasteiger partial charge in [0.2, 0.25) is 5.91 Å². The van der Waals surface area contributed by atoms with Crippen molar-refractivity contribution in [1.29, 1.82) is 0 Å². The number of carbonyl (C=O) groups excluding carboxylic acids is 2. The summed E-state index contributed by atoms with van der Waals surface area (Å²) in [4.78, 5) is 32.1. The van der Waals surface area contributed by atoms with Gasteiger partial charge in [0.1, 0.15) is 5.82 Å². The van der Waals surface area contributed by atoms with Crippen molar-refractivity contribution < 1.29 is 14.0 Å². The van der Waals surface area contributed by atoms with E-state index < -0.39 is 0 Å². The van der Waals surface area contributed by atoms with Crippen molar-refractivity contribution in [3.05, 3.63) is 95.8 Å². The van der Waals surface area contributed by atoms with Gasteiger partial charge in [0.05, 0.1) is 16.8 Å². The number of piperidine rings is 1. The summed E-state index contributed by atoms with van der Waals surface area (Å²) in [6.07, 6.45) is 2.57. The predicted octanol–water partition coefficient (Wildman–Crippen LogP) is 5.81. The number of hydrogen-bond donors (Lipinski definition) is 1. The molecular weight excluding hydrogens is 429 g/mol.